The summed E-state index contributed by atoms with van der Waals surface area (Å²) in [6.45, 7) is -1.46. The highest BCUT2D eigenvalue weighted by atomic mass is 19.4. The fraction of sp³-hybridized carbons (Fsp3) is 0.529. The van der Waals surface area contributed by atoms with Crippen molar-refractivity contribution in [3.8, 4) is 0 Å². The maximum Gasteiger partial charge on any atom is 0.406 e. The van der Waals surface area contributed by atoms with Crippen LogP contribution in [0, 0.1) is 11.8 Å². The minimum absolute atomic E-state index is 0.134. The van der Waals surface area contributed by atoms with Gasteiger partial charge in [-0.3, -0.25) is 9.59 Å². The second-order valence-corrected chi connectivity index (χ2v) is 6.52. The van der Waals surface area contributed by atoms with Gasteiger partial charge in [0.2, 0.25) is 11.8 Å². The Morgan fingerprint density at radius 1 is 1.25 bits per heavy atom. The predicted octanol–water partition coefficient (Wildman–Crippen LogP) is 2.66. The van der Waals surface area contributed by atoms with Crippen LogP contribution < -0.4 is 5.32 Å². The molecule has 0 aromatic heterocycles. The van der Waals surface area contributed by atoms with Crippen LogP contribution in [0.15, 0.2) is 30.3 Å². The average molecular weight is 340 g/mol. The molecule has 24 heavy (non-hydrogen) atoms. The van der Waals surface area contributed by atoms with Gasteiger partial charge in [0.1, 0.15) is 6.54 Å². The number of hydrogen-bond donors (Lipinski definition) is 1. The molecule has 0 unspecified atom stereocenters. The number of nitrogens with one attached hydrogen (secondary N) is 1. The first kappa shape index (κ1) is 16.8. The number of halogens is 3. The van der Waals surface area contributed by atoms with E-state index in [1.165, 1.54) is 0 Å². The molecule has 1 aliphatic carbocycles. The molecule has 4 nitrogen and oxygen atoms in total. The molecule has 1 aromatic rings. The van der Waals surface area contributed by atoms with E-state index in [-0.39, 0.29) is 24.9 Å². The number of alkyl halides is 3. The highest BCUT2D eigenvalue weighted by molar-refractivity contribution is 5.89. The molecule has 2 amide bonds. The summed E-state index contributed by atoms with van der Waals surface area (Å²) in [5, 5.41) is 2.94. The average Bonchev–Trinajstić information content (AvgIpc) is 3.29. The number of amides is 2. The Morgan fingerprint density at radius 3 is 2.50 bits per heavy atom. The molecule has 7 heteroatoms. The molecule has 1 aliphatic heterocycles. The van der Waals surface area contributed by atoms with Crippen LogP contribution in [0.25, 0.3) is 0 Å². The summed E-state index contributed by atoms with van der Waals surface area (Å²) >= 11 is 0. The second kappa shape index (κ2) is 6.45. The smallest absolute Gasteiger partial charge is 0.349 e. The maximum atomic E-state index is 12.5. The van der Waals surface area contributed by atoms with E-state index in [9.17, 15) is 22.8 Å². The summed E-state index contributed by atoms with van der Waals surface area (Å²) in [4.78, 5) is 24.9. The first-order chi connectivity index (χ1) is 11.3. The van der Waals surface area contributed by atoms with E-state index in [0.717, 1.165) is 23.3 Å². The lowest BCUT2D eigenvalue weighted by Gasteiger charge is -2.22. The van der Waals surface area contributed by atoms with Crippen molar-refractivity contribution in [1.29, 1.82) is 0 Å². The molecule has 3 rings (SSSR count). The van der Waals surface area contributed by atoms with Crippen LogP contribution in [-0.2, 0) is 9.59 Å². The van der Waals surface area contributed by atoms with Crippen molar-refractivity contribution < 1.29 is 22.8 Å². The second-order valence-electron chi connectivity index (χ2n) is 6.52. The monoisotopic (exact) mass is 340 g/mol. The number of hydrogen-bond acceptors (Lipinski definition) is 2. The van der Waals surface area contributed by atoms with E-state index in [2.05, 4.69) is 5.32 Å². The lowest BCUT2D eigenvalue weighted by atomic mass is 10.0. The van der Waals surface area contributed by atoms with Gasteiger partial charge in [-0.15, -0.1) is 0 Å². The van der Waals surface area contributed by atoms with Crippen LogP contribution >= 0.6 is 0 Å². The lowest BCUT2D eigenvalue weighted by Crippen LogP contribution is -2.38. The molecule has 0 bridgehead atoms. The van der Waals surface area contributed by atoms with E-state index in [1.807, 2.05) is 30.3 Å². The van der Waals surface area contributed by atoms with E-state index in [1.54, 1.807) is 0 Å². The van der Waals surface area contributed by atoms with Crippen molar-refractivity contribution in [2.45, 2.75) is 31.5 Å². The van der Waals surface area contributed by atoms with Crippen LogP contribution in [0.5, 0.6) is 0 Å². The fourth-order valence-electron chi connectivity index (χ4n) is 3.15. The van der Waals surface area contributed by atoms with Crippen molar-refractivity contribution in [1.82, 2.24) is 10.2 Å². The molecule has 1 N–H and O–H groups in total. The van der Waals surface area contributed by atoms with E-state index < -0.39 is 24.5 Å². The molecule has 1 aromatic carbocycles. The summed E-state index contributed by atoms with van der Waals surface area (Å²) in [5.74, 6) is -1.31. The van der Waals surface area contributed by atoms with Gasteiger partial charge in [0.25, 0.3) is 0 Å². The summed E-state index contributed by atoms with van der Waals surface area (Å²) in [6, 6.07) is 9.39. The van der Waals surface area contributed by atoms with Gasteiger partial charge in [0.05, 0.1) is 12.0 Å². The fourth-order valence-corrected chi connectivity index (χ4v) is 3.15. The number of rotatable bonds is 5. The molecule has 2 atom stereocenters. The zero-order valence-electron chi connectivity index (χ0n) is 13.1. The summed E-state index contributed by atoms with van der Waals surface area (Å²) < 4.78 is 37.4. The Balaban J connectivity index is 1.63. The van der Waals surface area contributed by atoms with Gasteiger partial charge >= 0.3 is 6.18 Å². The first-order valence-electron chi connectivity index (χ1n) is 8.03. The van der Waals surface area contributed by atoms with Crippen LogP contribution in [0.1, 0.15) is 30.9 Å². The number of carbonyl (C=O) groups is 2. The summed E-state index contributed by atoms with van der Waals surface area (Å²) in [7, 11) is 0. The first-order valence-corrected chi connectivity index (χ1v) is 8.03. The van der Waals surface area contributed by atoms with Crippen LogP contribution in [0.2, 0.25) is 0 Å². The van der Waals surface area contributed by atoms with Gasteiger partial charge in [-0.25, -0.2) is 0 Å². The van der Waals surface area contributed by atoms with Crippen LogP contribution in [-0.4, -0.2) is 36.0 Å². The maximum absolute atomic E-state index is 12.5. The third kappa shape index (κ3) is 4.07. The molecule has 1 heterocycles. The van der Waals surface area contributed by atoms with Crippen molar-refractivity contribution in [3.05, 3.63) is 35.9 Å². The largest absolute Gasteiger partial charge is 0.406 e. The Labute approximate surface area is 138 Å². The standard InChI is InChI=1S/C17H19F3N2O2/c18-17(19,20)10-22-9-13(8-14(22)23)16(24)21-15(12-6-7-12)11-4-2-1-3-5-11/h1-5,12-13,15H,6-10H2,(H,21,24)/t13-,15+/m1/s1. The number of nitrogens with zero attached hydrogens (tertiary/aromatic N) is 1. The molecule has 0 spiro atoms. The summed E-state index contributed by atoms with van der Waals surface area (Å²) in [6.07, 6.45) is -2.57. The Bertz CT molecular complexity index is 614. The quantitative estimate of drug-likeness (QED) is 0.896. The molecular formula is C17H19F3N2O2. The predicted molar refractivity (Wildman–Crippen MR) is 80.8 cm³/mol. The normalized spacial score (nSPS) is 22.5. The van der Waals surface area contributed by atoms with Crippen LogP contribution in [0.3, 0.4) is 0 Å². The molecule has 2 aliphatic rings. The zero-order chi connectivity index (χ0) is 17.3. The van der Waals surface area contributed by atoms with E-state index in [0.29, 0.717) is 5.92 Å². The highest BCUT2D eigenvalue weighted by Gasteiger charge is 2.42. The molecule has 0 radical (unpaired) electrons. The van der Waals surface area contributed by atoms with Gasteiger partial charge in [-0.05, 0) is 24.3 Å². The number of carbonyl (C=O) groups excluding carboxylic acids is 2. The molecule has 1 saturated heterocycles. The minimum Gasteiger partial charge on any atom is -0.349 e. The highest BCUT2D eigenvalue weighted by Crippen LogP contribution is 2.41. The van der Waals surface area contributed by atoms with E-state index in [4.69, 9.17) is 0 Å². The molecule has 1 saturated carbocycles. The lowest BCUT2D eigenvalue weighted by molar-refractivity contribution is -0.157. The topological polar surface area (TPSA) is 49.4 Å². The van der Waals surface area contributed by atoms with Gasteiger partial charge in [0.15, 0.2) is 0 Å². The Morgan fingerprint density at radius 2 is 1.92 bits per heavy atom. The minimum atomic E-state index is -4.44. The number of benzene rings is 1. The zero-order valence-corrected chi connectivity index (χ0v) is 13.1. The van der Waals surface area contributed by atoms with Crippen molar-refractivity contribution >= 4 is 11.8 Å². The SMILES string of the molecule is O=C(N[C@@H](c1ccccc1)C1CC1)[C@@H]1CC(=O)N(CC(F)(F)F)C1. The summed E-state index contributed by atoms with van der Waals surface area (Å²) in [5.41, 5.74) is 0.991. The van der Waals surface area contributed by atoms with Crippen LogP contribution in [0.4, 0.5) is 13.2 Å². The van der Waals surface area contributed by atoms with Gasteiger partial charge < -0.3 is 10.2 Å². The van der Waals surface area contributed by atoms with Gasteiger partial charge in [-0.2, -0.15) is 13.2 Å². The Hall–Kier alpha value is -2.05. The van der Waals surface area contributed by atoms with Gasteiger partial charge in [0, 0.05) is 13.0 Å². The third-order valence-corrected chi connectivity index (χ3v) is 4.51. The third-order valence-electron chi connectivity index (χ3n) is 4.51. The van der Waals surface area contributed by atoms with E-state index >= 15 is 0 Å². The van der Waals surface area contributed by atoms with Crippen molar-refractivity contribution in [2.75, 3.05) is 13.1 Å². The molecule has 130 valence electrons. The number of likely N-dealkylation sites (tertiary alicyclic amines) is 1. The van der Waals surface area contributed by atoms with Crippen molar-refractivity contribution in [2.24, 2.45) is 11.8 Å². The van der Waals surface area contributed by atoms with Crippen molar-refractivity contribution in [3.63, 3.8) is 0 Å². The molecule has 2 fully saturated rings. The van der Waals surface area contributed by atoms with Gasteiger partial charge in [-0.1, -0.05) is 30.3 Å². The Kier molecular flexibility index (Phi) is 4.51. The molecular weight excluding hydrogens is 321 g/mol.